The van der Waals surface area contributed by atoms with E-state index in [4.69, 9.17) is 27.1 Å². The van der Waals surface area contributed by atoms with Crippen molar-refractivity contribution in [1.29, 1.82) is 0 Å². The number of ether oxygens (including phenoxy) is 1. The number of carbonyl (C=O) groups excluding carboxylic acids is 2. The molecule has 0 bridgehead atoms. The van der Waals surface area contributed by atoms with Gasteiger partial charge in [0.15, 0.2) is 23.0 Å². The lowest BCUT2D eigenvalue weighted by Gasteiger charge is -2.33. The highest BCUT2D eigenvalue weighted by atomic mass is 35.5. The minimum absolute atomic E-state index is 0.0346. The lowest BCUT2D eigenvalue weighted by atomic mass is 9.91. The van der Waals surface area contributed by atoms with E-state index in [1.54, 1.807) is 13.0 Å². The molecular formula is C33H28ClF3N8O4. The number of benzene rings is 1. The molecule has 1 aromatic carbocycles. The molecule has 0 radical (unpaired) electrons. The number of aromatic nitrogens is 6. The van der Waals surface area contributed by atoms with Crippen LogP contribution in [0, 0.1) is 11.7 Å². The van der Waals surface area contributed by atoms with Crippen molar-refractivity contribution in [2.75, 3.05) is 4.90 Å². The van der Waals surface area contributed by atoms with Gasteiger partial charge < -0.3 is 15.6 Å². The number of aliphatic hydroxyl groups excluding tert-OH is 1. The number of nitrogens with two attached hydrogens (primary N) is 1. The number of alkyl halides is 2. The number of anilines is 1. The first-order valence-electron chi connectivity index (χ1n) is 15.4. The predicted octanol–water partition coefficient (Wildman–Crippen LogP) is 5.31. The molecule has 12 nitrogen and oxygen atoms in total. The number of pyridine rings is 2. The van der Waals surface area contributed by atoms with Gasteiger partial charge >= 0.3 is 12.0 Å². The summed E-state index contributed by atoms with van der Waals surface area (Å²) in [5, 5.41) is 16.2. The van der Waals surface area contributed by atoms with E-state index in [2.05, 4.69) is 20.1 Å². The van der Waals surface area contributed by atoms with Crippen molar-refractivity contribution in [1.82, 2.24) is 29.7 Å². The summed E-state index contributed by atoms with van der Waals surface area (Å²) in [6, 6.07) is 6.58. The first-order valence-corrected chi connectivity index (χ1v) is 15.7. The maximum atomic E-state index is 15.1. The summed E-state index contributed by atoms with van der Waals surface area (Å²) in [6.07, 6.45) is 0.179. The third-order valence-corrected chi connectivity index (χ3v) is 8.75. The lowest BCUT2D eigenvalue weighted by molar-refractivity contribution is -0.193. The zero-order valence-electron chi connectivity index (χ0n) is 26.1. The summed E-state index contributed by atoms with van der Waals surface area (Å²) in [7, 11) is 0. The van der Waals surface area contributed by atoms with Gasteiger partial charge in [-0.05, 0) is 68.9 Å². The molecule has 0 unspecified atom stereocenters. The Morgan fingerprint density at radius 2 is 1.88 bits per heavy atom. The summed E-state index contributed by atoms with van der Waals surface area (Å²) in [5.74, 6) is -2.94. The average molecular weight is 693 g/mol. The normalized spacial score (nSPS) is 16.7. The highest BCUT2D eigenvalue weighted by Gasteiger charge is 2.50. The van der Waals surface area contributed by atoms with E-state index in [1.165, 1.54) is 42.1 Å². The fraction of sp³-hybridized carbons (Fsp3) is 0.303. The Morgan fingerprint density at radius 1 is 1.14 bits per heavy atom. The molecule has 1 saturated carbocycles. The molecule has 7 rings (SSSR count). The number of hydrogen-bond donors (Lipinski definition) is 2. The predicted molar refractivity (Wildman–Crippen MR) is 170 cm³/mol. The van der Waals surface area contributed by atoms with Crippen molar-refractivity contribution in [2.24, 2.45) is 11.7 Å². The van der Waals surface area contributed by atoms with Crippen LogP contribution in [0.5, 0.6) is 5.75 Å². The minimum atomic E-state index is -4.23. The van der Waals surface area contributed by atoms with Crippen LogP contribution in [-0.4, -0.2) is 52.7 Å². The van der Waals surface area contributed by atoms with Crippen LogP contribution >= 0.6 is 11.6 Å². The largest absolute Gasteiger partial charge is 0.482 e. The molecular weight excluding hydrogens is 665 g/mol. The summed E-state index contributed by atoms with van der Waals surface area (Å²) < 4.78 is 50.4. The lowest BCUT2D eigenvalue weighted by Crippen LogP contribution is -2.50. The van der Waals surface area contributed by atoms with Crippen molar-refractivity contribution in [3.63, 3.8) is 0 Å². The summed E-state index contributed by atoms with van der Waals surface area (Å²) in [5.41, 5.74) is 7.51. The molecule has 2 atom stereocenters. The number of carbonyl (C=O) groups is 2. The second-order valence-corrected chi connectivity index (χ2v) is 12.6. The molecule has 16 heteroatoms. The second-order valence-electron chi connectivity index (χ2n) is 12.1. The van der Waals surface area contributed by atoms with Crippen molar-refractivity contribution < 1.29 is 32.6 Å². The first-order chi connectivity index (χ1) is 23.3. The fourth-order valence-electron chi connectivity index (χ4n) is 5.99. The molecule has 3 N–H and O–H groups in total. The van der Waals surface area contributed by atoms with Gasteiger partial charge in [-0.3, -0.25) is 19.5 Å². The number of aliphatic hydroxyl groups is 1. The Morgan fingerprint density at radius 3 is 2.51 bits per heavy atom. The third-order valence-electron chi connectivity index (χ3n) is 8.52. The van der Waals surface area contributed by atoms with Crippen LogP contribution in [0.25, 0.3) is 22.2 Å². The summed E-state index contributed by atoms with van der Waals surface area (Å²) >= 11 is 5.93. The van der Waals surface area contributed by atoms with Gasteiger partial charge in [0.2, 0.25) is 0 Å². The van der Waals surface area contributed by atoms with Gasteiger partial charge in [-0.1, -0.05) is 17.7 Å². The van der Waals surface area contributed by atoms with E-state index in [-0.39, 0.29) is 63.1 Å². The van der Waals surface area contributed by atoms with Crippen molar-refractivity contribution >= 4 is 40.1 Å². The van der Waals surface area contributed by atoms with Crippen molar-refractivity contribution in [3.05, 3.63) is 88.2 Å². The van der Waals surface area contributed by atoms with Gasteiger partial charge in [0, 0.05) is 11.8 Å². The monoisotopic (exact) mass is 692 g/mol. The molecule has 1 aliphatic heterocycles. The molecule has 1 aliphatic carbocycles. The molecule has 5 heterocycles. The van der Waals surface area contributed by atoms with Crippen molar-refractivity contribution in [2.45, 2.75) is 57.9 Å². The highest BCUT2D eigenvalue weighted by molar-refractivity contribution is 6.30. The van der Waals surface area contributed by atoms with Crippen LogP contribution in [0.4, 0.5) is 18.9 Å². The molecule has 0 saturated heterocycles. The molecule has 2 aliphatic rings. The quantitative estimate of drug-likeness (QED) is 0.209. The van der Waals surface area contributed by atoms with Crippen LogP contribution in [0.1, 0.15) is 72.1 Å². The number of halogens is 4. The van der Waals surface area contributed by atoms with Crippen molar-refractivity contribution in [3.8, 4) is 16.9 Å². The number of hydrogen-bond acceptors (Lipinski definition) is 9. The van der Waals surface area contributed by atoms with E-state index < -0.39 is 35.9 Å². The Balaban J connectivity index is 1.46. The third kappa shape index (κ3) is 5.93. The van der Waals surface area contributed by atoms with Gasteiger partial charge in [0.1, 0.15) is 11.7 Å². The molecule has 0 spiro atoms. The van der Waals surface area contributed by atoms with Gasteiger partial charge in [-0.2, -0.15) is 13.9 Å². The highest BCUT2D eigenvalue weighted by Crippen LogP contribution is 2.46. The molecule has 252 valence electrons. The van der Waals surface area contributed by atoms with E-state index in [9.17, 15) is 19.1 Å². The number of rotatable bonds is 9. The standard InChI is InChI=1S/C33H28ClF3N8O4/c1-15(30-40-12-20(35)13-41-30)45-31-27(28(43-45)16(2)46)25(26(29(38)47)22(42-31)9-17-3-4-17)18-5-8-23-24(10-18)49-33(36,37)32(48)44(23)14-21-7-6-19(34)11-39-21/h5-8,10-13,15-17,46H,3-4,9,14H2,1-2H3,(H2,38,47)/t15-,16+/m1/s1. The summed E-state index contributed by atoms with van der Waals surface area (Å²) in [4.78, 5) is 44.2. The maximum Gasteiger partial charge on any atom is 0.482 e. The van der Waals surface area contributed by atoms with Crippen LogP contribution < -0.4 is 15.4 Å². The Labute approximate surface area is 281 Å². The Kier molecular flexibility index (Phi) is 7.98. The van der Waals surface area contributed by atoms with Crippen LogP contribution in [0.15, 0.2) is 48.9 Å². The maximum absolute atomic E-state index is 15.1. The van der Waals surface area contributed by atoms with E-state index in [1.807, 2.05) is 0 Å². The second kappa shape index (κ2) is 12.1. The Hall–Kier alpha value is -5.15. The fourth-order valence-corrected chi connectivity index (χ4v) is 6.10. The van der Waals surface area contributed by atoms with Gasteiger partial charge in [-0.15, -0.1) is 0 Å². The van der Waals surface area contributed by atoms with E-state index in [0.29, 0.717) is 22.8 Å². The summed E-state index contributed by atoms with van der Waals surface area (Å²) in [6.45, 7) is 2.88. The number of amides is 2. The zero-order valence-corrected chi connectivity index (χ0v) is 26.8. The number of primary amides is 1. The van der Waals surface area contributed by atoms with Gasteiger partial charge in [0.25, 0.3) is 5.91 Å². The minimum Gasteiger partial charge on any atom is -0.423 e. The average Bonchev–Trinajstić information content (AvgIpc) is 3.79. The van der Waals surface area contributed by atoms with Gasteiger partial charge in [0.05, 0.1) is 58.1 Å². The number of fused-ring (bicyclic) bond motifs is 2. The molecule has 5 aromatic rings. The molecule has 4 aromatic heterocycles. The smallest absolute Gasteiger partial charge is 0.423 e. The first kappa shape index (κ1) is 32.4. The van der Waals surface area contributed by atoms with Crippen LogP contribution in [0.3, 0.4) is 0 Å². The zero-order chi connectivity index (χ0) is 34.8. The number of nitrogens with zero attached hydrogens (tertiary/aromatic N) is 7. The van der Waals surface area contributed by atoms with Crippen LogP contribution in [-0.2, 0) is 17.8 Å². The molecule has 1 fully saturated rings. The molecule has 49 heavy (non-hydrogen) atoms. The Bertz CT molecular complexity index is 2120. The van der Waals surface area contributed by atoms with Gasteiger partial charge in [-0.25, -0.2) is 24.0 Å². The SMILES string of the molecule is C[C@H](O)c1nn([C@H](C)c2ncc(F)cn2)c2nc(CC3CC3)c(C(N)=O)c(-c3ccc4c(c3)OC(F)(F)C(=O)N4Cc3ccc(Cl)cn3)c12. The van der Waals surface area contributed by atoms with Crippen LogP contribution in [0.2, 0.25) is 5.02 Å². The topological polar surface area (TPSA) is 162 Å². The van der Waals surface area contributed by atoms with E-state index >= 15 is 8.78 Å². The van der Waals surface area contributed by atoms with E-state index in [0.717, 1.165) is 30.1 Å². The molecule has 2 amide bonds.